The third kappa shape index (κ3) is 0.615. The Morgan fingerprint density at radius 2 is 2.10 bits per heavy atom. The highest BCUT2D eigenvalue weighted by Crippen LogP contribution is 2.60. The molecule has 1 heterocycles. The maximum absolute atomic E-state index is 8.50. The maximum atomic E-state index is 8.50. The number of ether oxygens (including phenoxy) is 1. The predicted molar refractivity (Wildman–Crippen MR) is 36.2 cm³/mol. The molecule has 1 aliphatic carbocycles. The second-order valence-corrected chi connectivity index (χ2v) is 4.21. The molecule has 1 atom stereocenters. The summed E-state index contributed by atoms with van der Waals surface area (Å²) in [5.41, 5.74) is 0.434. The lowest BCUT2D eigenvalue weighted by molar-refractivity contribution is 0.0547. The Morgan fingerprint density at radius 1 is 1.50 bits per heavy atom. The molecule has 2 aliphatic rings. The molecular formula is C8H11NO. The first kappa shape index (κ1) is 6.18. The van der Waals surface area contributed by atoms with E-state index in [4.69, 9.17) is 10.00 Å². The third-order valence-electron chi connectivity index (χ3n) is 2.45. The van der Waals surface area contributed by atoms with E-state index in [0.29, 0.717) is 5.41 Å². The molecule has 2 nitrogen and oxygen atoms in total. The highest BCUT2D eigenvalue weighted by molar-refractivity contribution is 5.22. The zero-order valence-electron chi connectivity index (χ0n) is 6.35. The number of nitrogens with zero attached hydrogens (tertiary/aromatic N) is 1. The van der Waals surface area contributed by atoms with Gasteiger partial charge in [0.25, 0.3) is 0 Å². The van der Waals surface area contributed by atoms with Crippen molar-refractivity contribution in [1.29, 1.82) is 5.26 Å². The van der Waals surface area contributed by atoms with Crippen molar-refractivity contribution in [3.63, 3.8) is 0 Å². The first-order valence-electron chi connectivity index (χ1n) is 3.65. The fourth-order valence-electron chi connectivity index (χ4n) is 2.18. The minimum Gasteiger partial charge on any atom is -0.350 e. The van der Waals surface area contributed by atoms with Crippen molar-refractivity contribution in [2.45, 2.75) is 38.4 Å². The molecule has 10 heavy (non-hydrogen) atoms. The van der Waals surface area contributed by atoms with E-state index in [-0.39, 0.29) is 11.7 Å². The van der Waals surface area contributed by atoms with Crippen LogP contribution in [0.1, 0.15) is 26.7 Å². The van der Waals surface area contributed by atoms with Gasteiger partial charge in [0.15, 0.2) is 6.10 Å². The van der Waals surface area contributed by atoms with Gasteiger partial charge in [-0.05, 0) is 18.3 Å². The Morgan fingerprint density at radius 3 is 2.40 bits per heavy atom. The molecule has 1 unspecified atom stereocenters. The van der Waals surface area contributed by atoms with Crippen molar-refractivity contribution >= 4 is 0 Å². The van der Waals surface area contributed by atoms with Gasteiger partial charge in [-0.1, -0.05) is 13.8 Å². The van der Waals surface area contributed by atoms with Crippen molar-refractivity contribution in [3.05, 3.63) is 0 Å². The Labute approximate surface area is 60.8 Å². The average Bonchev–Trinajstić information content (AvgIpc) is 2.39. The molecule has 0 aromatic carbocycles. The van der Waals surface area contributed by atoms with Crippen LogP contribution in [0.2, 0.25) is 0 Å². The van der Waals surface area contributed by atoms with Gasteiger partial charge in [-0.15, -0.1) is 0 Å². The molecule has 0 bridgehead atoms. The summed E-state index contributed by atoms with van der Waals surface area (Å²) < 4.78 is 5.26. The van der Waals surface area contributed by atoms with Crippen molar-refractivity contribution in [1.82, 2.24) is 0 Å². The van der Waals surface area contributed by atoms with Crippen molar-refractivity contribution in [2.24, 2.45) is 5.41 Å². The van der Waals surface area contributed by atoms with Gasteiger partial charge in [0.05, 0.1) is 6.07 Å². The minimum absolute atomic E-state index is 0.0122. The third-order valence-corrected chi connectivity index (χ3v) is 2.45. The summed E-state index contributed by atoms with van der Waals surface area (Å²) in [6.07, 6.45) is 2.05. The van der Waals surface area contributed by atoms with Gasteiger partial charge in [-0.3, -0.25) is 0 Å². The van der Waals surface area contributed by atoms with Gasteiger partial charge in [0, 0.05) is 0 Å². The molecule has 1 aliphatic heterocycles. The topological polar surface area (TPSA) is 36.3 Å². The first-order valence-corrected chi connectivity index (χ1v) is 3.65. The highest BCUT2D eigenvalue weighted by Gasteiger charge is 2.67. The van der Waals surface area contributed by atoms with Gasteiger partial charge < -0.3 is 4.74 Å². The normalized spacial score (nSPS) is 38.3. The predicted octanol–water partition coefficient (Wildman–Crippen LogP) is 1.47. The maximum Gasteiger partial charge on any atom is 0.173 e. The second kappa shape index (κ2) is 1.38. The molecule has 2 heteroatoms. The monoisotopic (exact) mass is 137 g/mol. The van der Waals surface area contributed by atoms with Crippen LogP contribution >= 0.6 is 0 Å². The summed E-state index contributed by atoms with van der Waals surface area (Å²) in [4.78, 5) is 0. The lowest BCUT2D eigenvalue weighted by atomic mass is 9.63. The Kier molecular flexibility index (Phi) is 0.851. The van der Waals surface area contributed by atoms with Crippen LogP contribution in [-0.4, -0.2) is 11.7 Å². The molecule has 2 rings (SSSR count). The zero-order valence-corrected chi connectivity index (χ0v) is 6.35. The minimum atomic E-state index is -0.0828. The molecule has 0 aromatic heterocycles. The number of rotatable bonds is 0. The lowest BCUT2D eigenvalue weighted by Crippen LogP contribution is -2.40. The largest absolute Gasteiger partial charge is 0.350 e. The fraction of sp³-hybridized carbons (Fsp3) is 0.875. The molecule has 0 radical (unpaired) electrons. The van der Waals surface area contributed by atoms with Crippen LogP contribution < -0.4 is 0 Å². The van der Waals surface area contributed by atoms with Gasteiger partial charge in [-0.2, -0.15) is 5.26 Å². The van der Waals surface area contributed by atoms with Crippen molar-refractivity contribution in [2.75, 3.05) is 0 Å². The van der Waals surface area contributed by atoms with Crippen LogP contribution in [0.3, 0.4) is 0 Å². The lowest BCUT2D eigenvalue weighted by Gasteiger charge is -2.40. The zero-order chi connectivity index (χ0) is 7.41. The fourth-order valence-corrected chi connectivity index (χ4v) is 2.18. The molecule has 1 saturated carbocycles. The van der Waals surface area contributed by atoms with Gasteiger partial charge in [0.1, 0.15) is 5.60 Å². The second-order valence-electron chi connectivity index (χ2n) is 4.21. The van der Waals surface area contributed by atoms with E-state index in [1.54, 1.807) is 0 Å². The summed E-state index contributed by atoms with van der Waals surface area (Å²) in [5.74, 6) is 0. The first-order chi connectivity index (χ1) is 4.58. The Balaban J connectivity index is 2.00. The molecule has 2 fully saturated rings. The quantitative estimate of drug-likeness (QED) is 0.474. The van der Waals surface area contributed by atoms with Crippen LogP contribution in [0.5, 0.6) is 0 Å². The van der Waals surface area contributed by atoms with E-state index in [0.717, 1.165) is 12.8 Å². The highest BCUT2D eigenvalue weighted by atomic mass is 16.6. The van der Waals surface area contributed by atoms with E-state index in [9.17, 15) is 0 Å². The van der Waals surface area contributed by atoms with Gasteiger partial charge in [0.2, 0.25) is 0 Å². The Bertz CT molecular complexity index is 206. The SMILES string of the molecule is CC1(C)CC2(C1)OC2C#N. The van der Waals surface area contributed by atoms with E-state index >= 15 is 0 Å². The van der Waals surface area contributed by atoms with E-state index < -0.39 is 0 Å². The summed E-state index contributed by atoms with van der Waals surface area (Å²) >= 11 is 0. The van der Waals surface area contributed by atoms with Crippen molar-refractivity contribution < 1.29 is 4.74 Å². The summed E-state index contributed by atoms with van der Waals surface area (Å²) in [5, 5.41) is 8.50. The van der Waals surface area contributed by atoms with Crippen LogP contribution in [0, 0.1) is 16.7 Å². The number of hydrogen-bond donors (Lipinski definition) is 0. The molecular weight excluding hydrogens is 126 g/mol. The number of epoxide rings is 1. The smallest absolute Gasteiger partial charge is 0.173 e. The molecule has 1 saturated heterocycles. The molecule has 1 spiro atoms. The van der Waals surface area contributed by atoms with E-state index in [2.05, 4.69) is 19.9 Å². The number of hydrogen-bond acceptors (Lipinski definition) is 2. The standard InChI is InChI=1S/C8H11NO/c1-7(2)4-8(5-7)6(3-9)10-8/h6H,4-5H2,1-2H3. The van der Waals surface area contributed by atoms with Crippen LogP contribution in [0.15, 0.2) is 0 Å². The van der Waals surface area contributed by atoms with Gasteiger partial charge in [-0.25, -0.2) is 0 Å². The molecule has 0 N–H and O–H groups in total. The Hall–Kier alpha value is -0.550. The summed E-state index contributed by atoms with van der Waals surface area (Å²) in [6.45, 7) is 4.43. The summed E-state index contributed by atoms with van der Waals surface area (Å²) in [6, 6.07) is 2.15. The van der Waals surface area contributed by atoms with E-state index in [1.807, 2.05) is 0 Å². The summed E-state index contributed by atoms with van der Waals surface area (Å²) in [7, 11) is 0. The van der Waals surface area contributed by atoms with Gasteiger partial charge >= 0.3 is 0 Å². The van der Waals surface area contributed by atoms with Crippen molar-refractivity contribution in [3.8, 4) is 6.07 Å². The van der Waals surface area contributed by atoms with Crippen LogP contribution in [-0.2, 0) is 4.74 Å². The van der Waals surface area contributed by atoms with Crippen LogP contribution in [0.4, 0.5) is 0 Å². The molecule has 54 valence electrons. The van der Waals surface area contributed by atoms with E-state index in [1.165, 1.54) is 0 Å². The number of nitriles is 1. The van der Waals surface area contributed by atoms with Crippen LogP contribution in [0.25, 0.3) is 0 Å². The average molecular weight is 137 g/mol. The molecule has 0 amide bonds. The molecule has 0 aromatic rings.